The van der Waals surface area contributed by atoms with Crippen LogP contribution in [0.1, 0.15) is 111 Å². The topological polar surface area (TPSA) is 178 Å². The number of methoxy groups -OCH3 is 1. The Morgan fingerprint density at radius 2 is 1.82 bits per heavy atom. The van der Waals surface area contributed by atoms with Crippen LogP contribution in [0.25, 0.3) is 21.9 Å². The van der Waals surface area contributed by atoms with E-state index in [0.717, 1.165) is 64.3 Å². The number of aliphatic hydroxyl groups is 3. The number of fused-ring (bicyclic) bond motifs is 9. The number of nitrogens with one attached hydrogen (secondary N) is 2. The van der Waals surface area contributed by atoms with E-state index in [4.69, 9.17) is 9.47 Å². The van der Waals surface area contributed by atoms with Gasteiger partial charge in [-0.1, -0.05) is 64.8 Å². The van der Waals surface area contributed by atoms with Crippen LogP contribution in [0.5, 0.6) is 17.2 Å². The van der Waals surface area contributed by atoms with Crippen LogP contribution in [0.3, 0.4) is 0 Å². The normalized spacial score (nSPS) is 22.4. The first kappa shape index (κ1) is 45.2. The van der Waals surface area contributed by atoms with Gasteiger partial charge in [0.05, 0.1) is 38.1 Å². The number of hydrogen-bond donors (Lipinski definition) is 7. The zero-order valence-corrected chi connectivity index (χ0v) is 36.8. The molecule has 13 heteroatoms. The smallest absolute Gasteiger partial charge is 0.168 e. The number of benzene rings is 4. The van der Waals surface area contributed by atoms with Crippen LogP contribution in [0.4, 0.5) is 5.69 Å². The number of phenols is 2. The Morgan fingerprint density at radius 1 is 1.02 bits per heavy atom. The molecule has 2 fully saturated rings. The molecule has 4 aromatic rings. The van der Waals surface area contributed by atoms with Gasteiger partial charge in [-0.15, -0.1) is 0 Å². The molecule has 3 aliphatic rings. The second-order valence-corrected chi connectivity index (χ2v) is 19.7. The summed E-state index contributed by atoms with van der Waals surface area (Å²) in [6.45, 7) is 1.90. The number of ketones is 2. The first-order valence-corrected chi connectivity index (χ1v) is 24.0. The number of Topliss-reactive ketones (excluding diaryl/α,β-unsaturated/α-hetero) is 2. The molecule has 7 N–H and O–H groups in total. The van der Waals surface area contributed by atoms with Gasteiger partial charge < -0.3 is 40.3 Å². The maximum Gasteiger partial charge on any atom is 0.168 e. The van der Waals surface area contributed by atoms with Gasteiger partial charge in [-0.05, 0) is 134 Å². The Kier molecular flexibility index (Phi) is 15.2. The van der Waals surface area contributed by atoms with Crippen LogP contribution in [0.15, 0.2) is 60.7 Å². The quantitative estimate of drug-likeness (QED) is 0.0386. The highest BCUT2D eigenvalue weighted by atomic mass is 33.1. The van der Waals surface area contributed by atoms with Crippen molar-refractivity contribution in [2.24, 2.45) is 5.92 Å². The van der Waals surface area contributed by atoms with Crippen molar-refractivity contribution in [1.82, 2.24) is 5.32 Å². The summed E-state index contributed by atoms with van der Waals surface area (Å²) in [7, 11) is 4.83. The third kappa shape index (κ3) is 11.0. The number of carbonyl (C=O) groups is 2. The number of rotatable bonds is 13. The number of aryl methyl sites for hydroxylation is 1. The maximum absolute atomic E-state index is 14.3. The van der Waals surface area contributed by atoms with Crippen LogP contribution >= 0.6 is 21.6 Å². The lowest BCUT2D eigenvalue weighted by atomic mass is 9.85. The standard InChI is InChI=1S/C48H60N2O9S2/c1-29(52)26-50-40-15-9-33(22-34(40)27-51)47(49-21-5-20-48(57)18-3-4-19-48)59-42-25-36(54)13-7-31-10-16-41(56)46(58-2)44(31)38-14-8-30-6-12-35(53)24-39(30)45(38)43-17-11-32(42)23-37(55)28-60-61-43/h6,8-10,12,14-16,22,24,32,37,42-43,47,49-51,53,55-57H,3-5,7,11,13,17-21,23,25-28H2,1-2H3. The minimum atomic E-state index is -0.691. The third-order valence-electron chi connectivity index (χ3n) is 12.6. The van der Waals surface area contributed by atoms with E-state index in [9.17, 15) is 35.1 Å². The molecule has 0 radical (unpaired) electrons. The number of aromatic hydroxyl groups is 2. The van der Waals surface area contributed by atoms with Crippen molar-refractivity contribution < 1.29 is 44.6 Å². The molecular weight excluding hydrogens is 813 g/mol. The Labute approximate surface area is 366 Å². The lowest BCUT2D eigenvalue weighted by Gasteiger charge is -2.33. The molecule has 0 amide bonds. The van der Waals surface area contributed by atoms with Crippen LogP contribution in [-0.2, 0) is 27.4 Å². The molecule has 0 aromatic heterocycles. The van der Waals surface area contributed by atoms with Gasteiger partial charge in [0.1, 0.15) is 23.5 Å². The number of anilines is 1. The van der Waals surface area contributed by atoms with Crippen LogP contribution in [-0.4, -0.2) is 80.9 Å². The van der Waals surface area contributed by atoms with Gasteiger partial charge in [0.25, 0.3) is 0 Å². The molecule has 7 rings (SSSR count). The van der Waals surface area contributed by atoms with Gasteiger partial charge in [0.2, 0.25) is 0 Å². The summed E-state index contributed by atoms with van der Waals surface area (Å²) in [6, 6.07) is 18.5. The van der Waals surface area contributed by atoms with Crippen molar-refractivity contribution in [3.05, 3.63) is 82.9 Å². The summed E-state index contributed by atoms with van der Waals surface area (Å²) in [5.74, 6) is 0.680. The molecule has 1 saturated carbocycles. The van der Waals surface area contributed by atoms with Crippen molar-refractivity contribution in [3.8, 4) is 28.4 Å². The lowest BCUT2D eigenvalue weighted by molar-refractivity contribution is -0.127. The highest BCUT2D eigenvalue weighted by Crippen LogP contribution is 2.53. The van der Waals surface area contributed by atoms with Gasteiger partial charge in [-0.25, -0.2) is 0 Å². The molecule has 5 unspecified atom stereocenters. The monoisotopic (exact) mass is 872 g/mol. The Bertz CT molecular complexity index is 2180. The largest absolute Gasteiger partial charge is 0.508 e. The number of ether oxygens (including phenoxy) is 2. The summed E-state index contributed by atoms with van der Waals surface area (Å²) >= 11 is 0. The molecule has 2 aliphatic carbocycles. The second kappa shape index (κ2) is 20.6. The number of phenolic OH excluding ortho intramolecular Hbond substituents is 2. The fraction of sp³-hybridized carbons (Fsp3) is 0.500. The van der Waals surface area contributed by atoms with Crippen molar-refractivity contribution in [2.75, 3.05) is 31.3 Å². The zero-order chi connectivity index (χ0) is 43.1. The average Bonchev–Trinajstić information content (AvgIpc) is 3.71. The SMILES string of the molecule is COc1c(O)ccc2c1-c1ccc3ccc(O)cc3c1C1CCC(CC(O)CSS1)C(OC(NCCCC1(O)CCCC1)c1ccc(NCC(C)=O)c(CO)c1)CC(=O)CC2. The minimum absolute atomic E-state index is 0.00240. The molecule has 328 valence electrons. The first-order chi connectivity index (χ1) is 29.4. The van der Waals surface area contributed by atoms with Gasteiger partial charge in [-0.2, -0.15) is 0 Å². The molecule has 4 aromatic carbocycles. The van der Waals surface area contributed by atoms with E-state index in [1.807, 2.05) is 36.4 Å². The zero-order valence-electron chi connectivity index (χ0n) is 35.2. The molecule has 1 heterocycles. The maximum atomic E-state index is 14.3. The molecule has 1 aliphatic heterocycles. The van der Waals surface area contributed by atoms with Crippen LogP contribution in [0.2, 0.25) is 0 Å². The number of hydrogen-bond acceptors (Lipinski definition) is 13. The van der Waals surface area contributed by atoms with E-state index in [2.05, 4.69) is 16.7 Å². The molecule has 1 saturated heterocycles. The molecule has 5 atom stereocenters. The van der Waals surface area contributed by atoms with Crippen LogP contribution < -0.4 is 15.4 Å². The second-order valence-electron chi connectivity index (χ2n) is 17.1. The molecular formula is C48H60N2O9S2. The van der Waals surface area contributed by atoms with E-state index in [1.165, 1.54) is 14.0 Å². The van der Waals surface area contributed by atoms with Crippen LogP contribution in [0, 0.1) is 5.92 Å². The number of aliphatic hydroxyl groups excluding tert-OH is 2. The van der Waals surface area contributed by atoms with E-state index >= 15 is 0 Å². The lowest BCUT2D eigenvalue weighted by Crippen LogP contribution is -2.36. The van der Waals surface area contributed by atoms with E-state index in [-0.39, 0.29) is 60.2 Å². The Balaban J connectivity index is 1.29. The highest BCUT2D eigenvalue weighted by Gasteiger charge is 2.35. The summed E-state index contributed by atoms with van der Waals surface area (Å²) in [4.78, 5) is 26.1. The van der Waals surface area contributed by atoms with E-state index in [1.54, 1.807) is 39.8 Å². The van der Waals surface area contributed by atoms with Crippen molar-refractivity contribution in [1.29, 1.82) is 0 Å². The van der Waals surface area contributed by atoms with Gasteiger partial charge in [0.15, 0.2) is 11.5 Å². The molecule has 0 spiro atoms. The summed E-state index contributed by atoms with van der Waals surface area (Å²) < 4.78 is 13.0. The van der Waals surface area contributed by atoms with Crippen molar-refractivity contribution >= 4 is 49.6 Å². The number of carbonyl (C=O) groups excluding carboxylic acids is 2. The van der Waals surface area contributed by atoms with Gasteiger partial charge in [-0.3, -0.25) is 14.9 Å². The van der Waals surface area contributed by atoms with Gasteiger partial charge in [0, 0.05) is 40.7 Å². The minimum Gasteiger partial charge on any atom is -0.508 e. The van der Waals surface area contributed by atoms with Crippen molar-refractivity contribution in [3.63, 3.8) is 0 Å². The average molecular weight is 873 g/mol. The predicted molar refractivity (Wildman–Crippen MR) is 243 cm³/mol. The first-order valence-electron chi connectivity index (χ1n) is 21.7. The van der Waals surface area contributed by atoms with E-state index in [0.29, 0.717) is 67.8 Å². The third-order valence-corrected chi connectivity index (χ3v) is 15.5. The van der Waals surface area contributed by atoms with E-state index < -0.39 is 24.0 Å². The van der Waals surface area contributed by atoms with Gasteiger partial charge >= 0.3 is 0 Å². The fourth-order valence-electron chi connectivity index (χ4n) is 9.48. The summed E-state index contributed by atoms with van der Waals surface area (Å²) in [5.41, 5.74) is 4.77. The summed E-state index contributed by atoms with van der Waals surface area (Å²) in [6.07, 6.45) is 5.50. The molecule has 2 bridgehead atoms. The Morgan fingerprint density at radius 3 is 2.59 bits per heavy atom. The highest BCUT2D eigenvalue weighted by molar-refractivity contribution is 8.76. The Hall–Kier alpha value is -3.82. The molecule has 11 nitrogen and oxygen atoms in total. The molecule has 61 heavy (non-hydrogen) atoms. The predicted octanol–water partition coefficient (Wildman–Crippen LogP) is 8.67. The van der Waals surface area contributed by atoms with Crippen molar-refractivity contribution in [2.45, 2.75) is 120 Å². The summed E-state index contributed by atoms with van der Waals surface area (Å²) in [5, 5.41) is 63.5. The fourth-order valence-corrected chi connectivity index (χ4v) is 12.4.